The number of anilines is 2. The predicted molar refractivity (Wildman–Crippen MR) is 119 cm³/mol. The number of methoxy groups -OCH3 is 1. The van der Waals surface area contributed by atoms with E-state index in [9.17, 15) is 17.6 Å². The third-order valence-corrected chi connectivity index (χ3v) is 6.51. The normalized spacial score (nSPS) is 11.1. The number of rotatable bonds is 7. The third kappa shape index (κ3) is 5.15. The number of hydrogen-bond acceptors (Lipinski definition) is 4. The van der Waals surface area contributed by atoms with Crippen molar-refractivity contribution in [2.75, 3.05) is 23.3 Å². The smallest absolute Gasteiger partial charge is 0.268 e. The summed E-state index contributed by atoms with van der Waals surface area (Å²) in [4.78, 5) is 12.6. The third-order valence-electron chi connectivity index (χ3n) is 4.42. The van der Waals surface area contributed by atoms with Crippen LogP contribution in [0.25, 0.3) is 0 Å². The van der Waals surface area contributed by atoms with Gasteiger partial charge in [-0.25, -0.2) is 12.8 Å². The number of para-hydroxylation sites is 1. The van der Waals surface area contributed by atoms with Gasteiger partial charge in [-0.3, -0.25) is 9.10 Å². The van der Waals surface area contributed by atoms with Gasteiger partial charge in [0, 0.05) is 5.69 Å². The van der Waals surface area contributed by atoms with Gasteiger partial charge in [0.1, 0.15) is 23.0 Å². The molecule has 0 spiro atoms. The van der Waals surface area contributed by atoms with Gasteiger partial charge in [-0.2, -0.15) is 0 Å². The second-order valence-corrected chi connectivity index (χ2v) is 8.92. The van der Waals surface area contributed by atoms with Crippen LogP contribution in [0.2, 0.25) is 5.02 Å². The fraction of sp³-hybridized carbons (Fsp3) is 0.136. The van der Waals surface area contributed by atoms with E-state index in [0.29, 0.717) is 5.69 Å². The van der Waals surface area contributed by atoms with Crippen LogP contribution in [0.1, 0.15) is 5.56 Å². The van der Waals surface area contributed by atoms with Crippen molar-refractivity contribution >= 4 is 38.9 Å². The summed E-state index contributed by atoms with van der Waals surface area (Å²) in [5, 5.41) is 2.39. The lowest BCUT2D eigenvalue weighted by Gasteiger charge is -2.25. The molecule has 3 aromatic carbocycles. The number of aryl methyl sites for hydroxylation is 1. The number of halogens is 2. The lowest BCUT2D eigenvalue weighted by Crippen LogP contribution is -2.38. The number of nitrogens with one attached hydrogen (secondary N) is 1. The van der Waals surface area contributed by atoms with Gasteiger partial charge in [0.15, 0.2) is 0 Å². The summed E-state index contributed by atoms with van der Waals surface area (Å²) >= 11 is 5.75. The molecule has 31 heavy (non-hydrogen) atoms. The molecule has 0 aliphatic carbocycles. The Morgan fingerprint density at radius 3 is 2.45 bits per heavy atom. The standard InChI is InChI=1S/C22H20ClFN2O4S/c1-15-8-11-20(30-2)21(12-15)31(28,29)26(17-6-4-3-5-7-17)14-22(27)25-16-9-10-19(24)18(23)13-16/h3-13H,14H2,1-2H3,(H,25,27). The maximum absolute atomic E-state index is 13.5. The monoisotopic (exact) mass is 462 g/mol. The van der Waals surface area contributed by atoms with Gasteiger partial charge in [-0.1, -0.05) is 35.9 Å². The second-order valence-electron chi connectivity index (χ2n) is 6.68. The molecule has 0 aliphatic heterocycles. The Kier molecular flexibility index (Phi) is 6.82. The number of sulfonamides is 1. The van der Waals surface area contributed by atoms with Gasteiger partial charge in [0.05, 0.1) is 17.8 Å². The Morgan fingerprint density at radius 2 is 1.81 bits per heavy atom. The van der Waals surface area contributed by atoms with Crippen LogP contribution in [0, 0.1) is 12.7 Å². The quantitative estimate of drug-likeness (QED) is 0.555. The van der Waals surface area contributed by atoms with Crippen LogP contribution in [0.4, 0.5) is 15.8 Å². The van der Waals surface area contributed by atoms with Crippen molar-refractivity contribution < 1.29 is 22.3 Å². The van der Waals surface area contributed by atoms with Crippen molar-refractivity contribution in [3.63, 3.8) is 0 Å². The number of carbonyl (C=O) groups excluding carboxylic acids is 1. The van der Waals surface area contributed by atoms with E-state index < -0.39 is 28.3 Å². The van der Waals surface area contributed by atoms with Crippen molar-refractivity contribution in [2.24, 2.45) is 0 Å². The summed E-state index contributed by atoms with van der Waals surface area (Å²) in [5.74, 6) is -1.08. The van der Waals surface area contributed by atoms with E-state index in [4.69, 9.17) is 16.3 Å². The summed E-state index contributed by atoms with van der Waals surface area (Å²) in [6, 6.07) is 16.7. The maximum atomic E-state index is 13.5. The molecule has 9 heteroatoms. The van der Waals surface area contributed by atoms with Gasteiger partial charge in [0.25, 0.3) is 10.0 Å². The molecule has 0 radical (unpaired) electrons. The predicted octanol–water partition coefficient (Wildman–Crippen LogP) is 4.63. The van der Waals surface area contributed by atoms with Gasteiger partial charge >= 0.3 is 0 Å². The molecular weight excluding hydrogens is 443 g/mol. The Bertz CT molecular complexity index is 1200. The zero-order valence-electron chi connectivity index (χ0n) is 16.8. The highest BCUT2D eigenvalue weighted by atomic mass is 35.5. The van der Waals surface area contributed by atoms with Crippen LogP contribution >= 0.6 is 11.6 Å². The molecule has 1 amide bonds. The molecule has 0 atom stereocenters. The highest BCUT2D eigenvalue weighted by Gasteiger charge is 2.30. The molecule has 1 N–H and O–H groups in total. The number of carbonyl (C=O) groups is 1. The van der Waals surface area contributed by atoms with Crippen LogP contribution in [0.5, 0.6) is 5.75 Å². The molecular formula is C22H20ClFN2O4S. The lowest BCUT2D eigenvalue weighted by atomic mass is 10.2. The largest absolute Gasteiger partial charge is 0.495 e. The van der Waals surface area contributed by atoms with E-state index in [1.807, 2.05) is 0 Å². The first kappa shape index (κ1) is 22.6. The Balaban J connectivity index is 1.98. The second kappa shape index (κ2) is 9.36. The number of ether oxygens (including phenoxy) is 1. The molecule has 3 rings (SSSR count). The summed E-state index contributed by atoms with van der Waals surface area (Å²) in [6.07, 6.45) is 0. The van der Waals surface area contributed by atoms with Crippen LogP contribution in [-0.4, -0.2) is 28.0 Å². The fourth-order valence-electron chi connectivity index (χ4n) is 2.92. The SMILES string of the molecule is COc1ccc(C)cc1S(=O)(=O)N(CC(=O)Nc1ccc(F)c(Cl)c1)c1ccccc1. The first-order valence-electron chi connectivity index (χ1n) is 9.19. The molecule has 0 saturated carbocycles. The molecule has 0 saturated heterocycles. The van der Waals surface area contributed by atoms with Crippen molar-refractivity contribution in [3.05, 3.63) is 83.1 Å². The van der Waals surface area contributed by atoms with Crippen LogP contribution < -0.4 is 14.4 Å². The summed E-state index contributed by atoms with van der Waals surface area (Å²) < 4.78 is 46.7. The lowest BCUT2D eigenvalue weighted by molar-refractivity contribution is -0.114. The van der Waals surface area contributed by atoms with Crippen LogP contribution in [-0.2, 0) is 14.8 Å². The summed E-state index contributed by atoms with van der Waals surface area (Å²) in [5.41, 5.74) is 1.27. The minimum Gasteiger partial charge on any atom is -0.495 e. The molecule has 0 aromatic heterocycles. The Hall–Kier alpha value is -3.10. The minimum atomic E-state index is -4.16. The zero-order chi connectivity index (χ0) is 22.6. The number of benzene rings is 3. The first-order chi connectivity index (χ1) is 14.7. The highest BCUT2D eigenvalue weighted by molar-refractivity contribution is 7.93. The van der Waals surface area contributed by atoms with Crippen molar-refractivity contribution in [3.8, 4) is 5.75 Å². The van der Waals surface area contributed by atoms with E-state index in [2.05, 4.69) is 5.32 Å². The van der Waals surface area contributed by atoms with Crippen molar-refractivity contribution in [1.29, 1.82) is 0 Å². The number of amides is 1. The van der Waals surface area contributed by atoms with E-state index in [-0.39, 0.29) is 21.4 Å². The first-order valence-corrected chi connectivity index (χ1v) is 11.0. The van der Waals surface area contributed by atoms with E-state index in [0.717, 1.165) is 15.9 Å². The van der Waals surface area contributed by atoms with Gasteiger partial charge < -0.3 is 10.1 Å². The molecule has 0 unspecified atom stereocenters. The average Bonchev–Trinajstić information content (AvgIpc) is 2.75. The van der Waals surface area contributed by atoms with Gasteiger partial charge in [0.2, 0.25) is 5.91 Å². The molecule has 0 bridgehead atoms. The van der Waals surface area contributed by atoms with E-state index >= 15 is 0 Å². The topological polar surface area (TPSA) is 75.7 Å². The van der Waals surface area contributed by atoms with Crippen LogP contribution in [0.15, 0.2) is 71.6 Å². The minimum absolute atomic E-state index is 0.0588. The van der Waals surface area contributed by atoms with Crippen molar-refractivity contribution in [2.45, 2.75) is 11.8 Å². The molecule has 0 heterocycles. The van der Waals surface area contributed by atoms with E-state index in [1.165, 1.54) is 25.3 Å². The van der Waals surface area contributed by atoms with Crippen molar-refractivity contribution in [1.82, 2.24) is 0 Å². The van der Waals surface area contributed by atoms with E-state index in [1.54, 1.807) is 49.4 Å². The molecule has 162 valence electrons. The number of hydrogen-bond donors (Lipinski definition) is 1. The zero-order valence-corrected chi connectivity index (χ0v) is 18.4. The Morgan fingerprint density at radius 1 is 1.10 bits per heavy atom. The molecule has 3 aromatic rings. The van der Waals surface area contributed by atoms with Crippen LogP contribution in [0.3, 0.4) is 0 Å². The molecule has 6 nitrogen and oxygen atoms in total. The number of nitrogens with zero attached hydrogens (tertiary/aromatic N) is 1. The molecule has 0 fully saturated rings. The summed E-state index contributed by atoms with van der Waals surface area (Å²) in [7, 11) is -2.78. The average molecular weight is 463 g/mol. The summed E-state index contributed by atoms with van der Waals surface area (Å²) in [6.45, 7) is 1.24. The van der Waals surface area contributed by atoms with Gasteiger partial charge in [-0.15, -0.1) is 0 Å². The Labute approximate surface area is 185 Å². The fourth-order valence-corrected chi connectivity index (χ4v) is 4.76. The maximum Gasteiger partial charge on any atom is 0.268 e. The molecule has 0 aliphatic rings. The highest BCUT2D eigenvalue weighted by Crippen LogP contribution is 2.31. The van der Waals surface area contributed by atoms with Gasteiger partial charge in [-0.05, 0) is 55.0 Å².